The molecule has 0 aliphatic heterocycles. The van der Waals surface area contributed by atoms with Gasteiger partial charge in [0.2, 0.25) is 5.91 Å². The van der Waals surface area contributed by atoms with Crippen LogP contribution in [0.1, 0.15) is 18.4 Å². The molecule has 2 aromatic carbocycles. The number of rotatable bonds is 10. The predicted octanol–water partition coefficient (Wildman–Crippen LogP) is 5.12. The van der Waals surface area contributed by atoms with Gasteiger partial charge < -0.3 is 19.5 Å². The first-order chi connectivity index (χ1) is 13.0. The third kappa shape index (κ3) is 6.94. The number of carbonyl (C=O) groups excluding carboxylic acids is 1. The van der Waals surface area contributed by atoms with Crippen LogP contribution in [0.25, 0.3) is 0 Å². The summed E-state index contributed by atoms with van der Waals surface area (Å²) in [6.45, 7) is 3.14. The van der Waals surface area contributed by atoms with Crippen molar-refractivity contribution in [3.63, 3.8) is 0 Å². The van der Waals surface area contributed by atoms with Crippen molar-refractivity contribution in [3.8, 4) is 11.5 Å². The van der Waals surface area contributed by atoms with E-state index in [0.717, 1.165) is 11.3 Å². The first-order valence-electron chi connectivity index (χ1n) is 8.60. The number of para-hydroxylation sites is 1. The van der Waals surface area contributed by atoms with Crippen LogP contribution < -0.4 is 14.8 Å². The molecule has 0 spiro atoms. The number of carbonyl (C=O) groups is 1. The van der Waals surface area contributed by atoms with Crippen molar-refractivity contribution in [1.82, 2.24) is 0 Å². The first kappa shape index (κ1) is 21.4. The minimum Gasteiger partial charge on any atom is -0.493 e. The van der Waals surface area contributed by atoms with E-state index >= 15 is 0 Å². The Hall–Kier alpha value is -1.95. The molecule has 0 radical (unpaired) electrons. The molecular formula is C20H23Cl2NO4. The first-order valence-corrected chi connectivity index (χ1v) is 9.36. The van der Waals surface area contributed by atoms with Crippen LogP contribution in [0, 0.1) is 6.92 Å². The number of halogens is 2. The van der Waals surface area contributed by atoms with Crippen molar-refractivity contribution in [2.24, 2.45) is 0 Å². The Morgan fingerprint density at radius 2 is 1.89 bits per heavy atom. The lowest BCUT2D eigenvalue weighted by Gasteiger charge is -2.14. The molecule has 27 heavy (non-hydrogen) atoms. The lowest BCUT2D eigenvalue weighted by Crippen LogP contribution is -2.14. The molecule has 1 N–H and O–H groups in total. The molecular weight excluding hydrogens is 389 g/mol. The van der Waals surface area contributed by atoms with E-state index in [0.29, 0.717) is 54.1 Å². The standard InChI is InChI=1S/C20H23Cl2NO4/c1-14-13-15(21)8-9-18(14)26-10-4-7-19(24)23-17-6-3-5-16(22)20(17)27-12-11-25-2/h3,5-6,8-9,13H,4,7,10-12H2,1-2H3,(H,23,24). The quantitative estimate of drug-likeness (QED) is 0.550. The summed E-state index contributed by atoms with van der Waals surface area (Å²) in [6.07, 6.45) is 0.894. The summed E-state index contributed by atoms with van der Waals surface area (Å²) in [5.74, 6) is 1.08. The van der Waals surface area contributed by atoms with E-state index in [2.05, 4.69) is 5.32 Å². The highest BCUT2D eigenvalue weighted by Gasteiger charge is 2.11. The topological polar surface area (TPSA) is 56.8 Å². The smallest absolute Gasteiger partial charge is 0.224 e. The normalized spacial score (nSPS) is 10.5. The minimum absolute atomic E-state index is 0.134. The van der Waals surface area contributed by atoms with Crippen LogP contribution in [0.4, 0.5) is 5.69 Å². The molecule has 0 aromatic heterocycles. The maximum Gasteiger partial charge on any atom is 0.224 e. The third-order valence-corrected chi connectivity index (χ3v) is 4.25. The van der Waals surface area contributed by atoms with Crippen LogP contribution >= 0.6 is 23.2 Å². The molecule has 0 saturated carbocycles. The Morgan fingerprint density at radius 1 is 1.07 bits per heavy atom. The summed E-state index contributed by atoms with van der Waals surface area (Å²) in [6, 6.07) is 10.7. The van der Waals surface area contributed by atoms with E-state index in [1.807, 2.05) is 19.1 Å². The van der Waals surface area contributed by atoms with Crippen molar-refractivity contribution >= 4 is 34.8 Å². The highest BCUT2D eigenvalue weighted by molar-refractivity contribution is 6.32. The largest absolute Gasteiger partial charge is 0.493 e. The molecule has 0 saturated heterocycles. The molecule has 0 atom stereocenters. The number of hydrogen-bond acceptors (Lipinski definition) is 4. The van der Waals surface area contributed by atoms with Gasteiger partial charge in [0, 0.05) is 18.6 Å². The second-order valence-electron chi connectivity index (χ2n) is 5.87. The minimum atomic E-state index is -0.134. The Bertz CT molecular complexity index is 768. The van der Waals surface area contributed by atoms with E-state index in [1.165, 1.54) is 0 Å². The Balaban J connectivity index is 1.82. The summed E-state index contributed by atoms with van der Waals surface area (Å²) in [4.78, 5) is 12.2. The molecule has 0 unspecified atom stereocenters. The van der Waals surface area contributed by atoms with E-state index in [1.54, 1.807) is 31.4 Å². The zero-order valence-corrected chi connectivity index (χ0v) is 16.9. The van der Waals surface area contributed by atoms with Crippen LogP contribution in [0.5, 0.6) is 11.5 Å². The van der Waals surface area contributed by atoms with Gasteiger partial charge in [-0.15, -0.1) is 0 Å². The monoisotopic (exact) mass is 411 g/mol. The van der Waals surface area contributed by atoms with Gasteiger partial charge >= 0.3 is 0 Å². The fourth-order valence-electron chi connectivity index (χ4n) is 2.38. The second kappa shape index (κ2) is 11.0. The molecule has 0 fully saturated rings. The summed E-state index contributed by atoms with van der Waals surface area (Å²) in [7, 11) is 1.59. The maximum atomic E-state index is 12.2. The molecule has 0 aliphatic carbocycles. The van der Waals surface area contributed by atoms with Gasteiger partial charge in [0.15, 0.2) is 5.75 Å². The van der Waals surface area contributed by atoms with Crippen LogP contribution in [-0.2, 0) is 9.53 Å². The van der Waals surface area contributed by atoms with Crippen molar-refractivity contribution in [1.29, 1.82) is 0 Å². The van der Waals surface area contributed by atoms with Crippen molar-refractivity contribution in [2.45, 2.75) is 19.8 Å². The molecule has 2 aromatic rings. The average Bonchev–Trinajstić information content (AvgIpc) is 2.62. The number of methoxy groups -OCH3 is 1. The SMILES string of the molecule is COCCOc1c(Cl)cccc1NC(=O)CCCOc1ccc(Cl)cc1C. The Morgan fingerprint density at radius 3 is 2.63 bits per heavy atom. The third-order valence-electron chi connectivity index (χ3n) is 3.72. The number of benzene rings is 2. The van der Waals surface area contributed by atoms with Gasteiger partial charge in [0.1, 0.15) is 12.4 Å². The van der Waals surface area contributed by atoms with Gasteiger partial charge in [-0.1, -0.05) is 29.3 Å². The second-order valence-corrected chi connectivity index (χ2v) is 6.71. The highest BCUT2D eigenvalue weighted by Crippen LogP contribution is 2.33. The summed E-state index contributed by atoms with van der Waals surface area (Å²) >= 11 is 12.1. The van der Waals surface area contributed by atoms with Gasteiger partial charge in [-0.05, 0) is 49.2 Å². The number of aryl methyl sites for hydroxylation is 1. The molecule has 2 rings (SSSR count). The summed E-state index contributed by atoms with van der Waals surface area (Å²) in [5.41, 5.74) is 1.50. The molecule has 5 nitrogen and oxygen atoms in total. The Labute approximate surface area is 169 Å². The number of hydrogen-bond donors (Lipinski definition) is 1. The zero-order chi connectivity index (χ0) is 19.6. The van der Waals surface area contributed by atoms with Gasteiger partial charge in [-0.25, -0.2) is 0 Å². The van der Waals surface area contributed by atoms with E-state index in [4.69, 9.17) is 37.4 Å². The number of nitrogens with one attached hydrogen (secondary N) is 1. The highest BCUT2D eigenvalue weighted by atomic mass is 35.5. The fourth-order valence-corrected chi connectivity index (χ4v) is 2.84. The van der Waals surface area contributed by atoms with Crippen molar-refractivity contribution in [3.05, 3.63) is 52.0 Å². The van der Waals surface area contributed by atoms with Crippen LogP contribution in [0.2, 0.25) is 10.0 Å². The number of anilines is 1. The van der Waals surface area contributed by atoms with Crippen molar-refractivity contribution in [2.75, 3.05) is 32.2 Å². The molecule has 1 amide bonds. The van der Waals surface area contributed by atoms with Gasteiger partial charge in [0.05, 0.1) is 23.9 Å². The van der Waals surface area contributed by atoms with E-state index in [9.17, 15) is 4.79 Å². The average molecular weight is 412 g/mol. The fraction of sp³-hybridized carbons (Fsp3) is 0.350. The number of ether oxygens (including phenoxy) is 3. The van der Waals surface area contributed by atoms with Gasteiger partial charge in [-0.3, -0.25) is 4.79 Å². The molecule has 0 bridgehead atoms. The van der Waals surface area contributed by atoms with E-state index < -0.39 is 0 Å². The predicted molar refractivity (Wildman–Crippen MR) is 108 cm³/mol. The lowest BCUT2D eigenvalue weighted by molar-refractivity contribution is -0.116. The number of amides is 1. The van der Waals surface area contributed by atoms with Gasteiger partial charge in [-0.2, -0.15) is 0 Å². The molecule has 0 aliphatic rings. The summed E-state index contributed by atoms with van der Waals surface area (Å²) in [5, 5.41) is 3.94. The Kier molecular flexibility index (Phi) is 8.72. The van der Waals surface area contributed by atoms with Crippen molar-refractivity contribution < 1.29 is 19.0 Å². The summed E-state index contributed by atoms with van der Waals surface area (Å²) < 4.78 is 16.3. The zero-order valence-electron chi connectivity index (χ0n) is 15.4. The van der Waals surface area contributed by atoms with Crippen LogP contribution in [0.3, 0.4) is 0 Å². The molecule has 0 heterocycles. The van der Waals surface area contributed by atoms with E-state index in [-0.39, 0.29) is 5.91 Å². The molecule has 146 valence electrons. The molecule has 7 heteroatoms. The maximum absolute atomic E-state index is 12.2. The lowest BCUT2D eigenvalue weighted by atomic mass is 10.2. The van der Waals surface area contributed by atoms with Crippen LogP contribution in [-0.4, -0.2) is 32.8 Å². The van der Waals surface area contributed by atoms with Crippen LogP contribution in [0.15, 0.2) is 36.4 Å². The van der Waals surface area contributed by atoms with Gasteiger partial charge in [0.25, 0.3) is 0 Å².